The maximum atomic E-state index is 13.1. The molecule has 0 rings (SSSR count). The number of aliphatic hydroxyl groups excluding tert-OH is 1. The number of hydrogen-bond donors (Lipinski definition) is 3. The third-order valence-corrected chi connectivity index (χ3v) is 16.9. The topological polar surface area (TPSA) is 237 Å². The first-order valence-electron chi connectivity index (χ1n) is 37.7. The van der Waals surface area contributed by atoms with Crippen molar-refractivity contribution in [1.29, 1.82) is 0 Å². The van der Waals surface area contributed by atoms with Crippen LogP contribution < -0.4 is 0 Å². The van der Waals surface area contributed by atoms with Crippen molar-refractivity contribution in [3.8, 4) is 0 Å². The molecule has 568 valence electrons. The Bertz CT molecular complexity index is 2520. The summed E-state index contributed by atoms with van der Waals surface area (Å²) in [7, 11) is -9.99. The zero-order chi connectivity index (χ0) is 73.2. The van der Waals surface area contributed by atoms with Crippen molar-refractivity contribution in [3.63, 3.8) is 0 Å². The number of carbonyl (C=O) groups is 4. The summed E-state index contributed by atoms with van der Waals surface area (Å²) in [6.07, 6.45) is 82.7. The normalized spacial score (nSPS) is 14.8. The quantitative estimate of drug-likeness (QED) is 0.0169. The van der Waals surface area contributed by atoms with Gasteiger partial charge in [0.05, 0.1) is 32.8 Å². The molecule has 0 aromatic rings. The number of hydrogen-bond acceptors (Lipinski definition) is 15. The van der Waals surface area contributed by atoms with Crippen LogP contribution in [0.5, 0.6) is 0 Å². The second kappa shape index (κ2) is 72.0. The van der Waals surface area contributed by atoms with E-state index in [2.05, 4.69) is 161 Å². The molecule has 3 N–H and O–H groups in total. The van der Waals surface area contributed by atoms with Crippen molar-refractivity contribution in [2.24, 2.45) is 0 Å². The summed E-state index contributed by atoms with van der Waals surface area (Å²) in [5, 5.41) is 10.6. The number of unbranched alkanes of at least 4 members (excludes halogenated alkanes) is 18. The van der Waals surface area contributed by atoms with Crippen LogP contribution in [-0.2, 0) is 65.4 Å². The summed E-state index contributed by atoms with van der Waals surface area (Å²) in [5.74, 6) is -2.38. The number of ether oxygens (including phenoxy) is 4. The van der Waals surface area contributed by atoms with Gasteiger partial charge in [0, 0.05) is 19.3 Å². The molecule has 0 aliphatic rings. The number of aliphatic hydroxyl groups is 1. The Kier molecular flexibility index (Phi) is 68.2. The second-order valence-corrected chi connectivity index (χ2v) is 27.4. The molecule has 0 saturated carbocycles. The van der Waals surface area contributed by atoms with Gasteiger partial charge in [-0.3, -0.25) is 37.3 Å². The molecule has 0 aromatic carbocycles. The fourth-order valence-electron chi connectivity index (χ4n) is 9.34. The number of phosphoric acid groups is 2. The molecule has 17 nitrogen and oxygen atoms in total. The highest BCUT2D eigenvalue weighted by Gasteiger charge is 2.30. The first-order valence-corrected chi connectivity index (χ1v) is 40.7. The summed E-state index contributed by atoms with van der Waals surface area (Å²) in [6.45, 7) is 4.31. The van der Waals surface area contributed by atoms with E-state index in [0.717, 1.165) is 186 Å². The second-order valence-electron chi connectivity index (χ2n) is 24.5. The lowest BCUT2D eigenvalue weighted by Crippen LogP contribution is -2.30. The first kappa shape index (κ1) is 94.7. The molecule has 0 fully saturated rings. The van der Waals surface area contributed by atoms with Crippen LogP contribution in [0.1, 0.15) is 272 Å². The van der Waals surface area contributed by atoms with Crippen molar-refractivity contribution >= 4 is 39.5 Å². The molecular formula is C81H132O17P2. The van der Waals surface area contributed by atoms with Crippen LogP contribution in [-0.4, -0.2) is 96.7 Å². The lowest BCUT2D eigenvalue weighted by Gasteiger charge is -2.21. The molecule has 100 heavy (non-hydrogen) atoms. The van der Waals surface area contributed by atoms with Crippen LogP contribution in [0.3, 0.4) is 0 Å². The van der Waals surface area contributed by atoms with Gasteiger partial charge in [-0.05, 0) is 141 Å². The van der Waals surface area contributed by atoms with Crippen molar-refractivity contribution < 1.29 is 80.2 Å². The van der Waals surface area contributed by atoms with Gasteiger partial charge in [0.15, 0.2) is 12.2 Å². The van der Waals surface area contributed by atoms with E-state index in [4.69, 9.17) is 37.0 Å². The number of allylic oxidation sites excluding steroid dienone is 25. The van der Waals surface area contributed by atoms with Gasteiger partial charge < -0.3 is 33.8 Å². The van der Waals surface area contributed by atoms with Crippen molar-refractivity contribution in [2.75, 3.05) is 39.6 Å². The zero-order valence-electron chi connectivity index (χ0n) is 61.8. The van der Waals surface area contributed by atoms with Crippen LogP contribution in [0.4, 0.5) is 0 Å². The fourth-order valence-corrected chi connectivity index (χ4v) is 10.9. The largest absolute Gasteiger partial charge is 0.472 e. The Morgan fingerprint density at radius 1 is 0.300 bits per heavy atom. The van der Waals surface area contributed by atoms with Gasteiger partial charge in [-0.2, -0.15) is 0 Å². The fraction of sp³-hybridized carbons (Fsp3) is 0.630. The van der Waals surface area contributed by atoms with Crippen LogP contribution >= 0.6 is 15.6 Å². The molecule has 0 amide bonds. The van der Waals surface area contributed by atoms with E-state index < -0.39 is 97.5 Å². The van der Waals surface area contributed by atoms with E-state index in [1.807, 2.05) is 18.2 Å². The standard InChI is InChI=1S/C81H132O17P2/c1-5-9-13-17-21-25-29-32-35-36-37-38-41-43-47-50-54-58-62-66-79(84)92-72-77(98-81(86)68-64-60-56-52-48-44-40-34-31-27-23-19-15-11-7-3)74-96-100(89,90)94-70-75(82)69-93-99(87,88)95-73-76(97-80(85)67-63-59-55-51-45-28-24-20-16-12-8-4)71-91-78(83)65-61-57-53-49-46-42-39-33-30-26-22-18-14-10-6-2/h9-11,13-15,20-27,32-35,37-40,46,49,57,61,75-77,82H,5-8,12,16-19,28-31,36,41-45,47-48,50-56,58-60,62-74H2,1-4H3,(H,87,88)(H,89,90)/b13-9-,14-10-,15-11-,24-20-,25-21-,26-22-,27-23-,35-32-,38-37-,39-33-,40-34-,49-46-,61-57-. The molecule has 0 heterocycles. The van der Waals surface area contributed by atoms with E-state index in [1.54, 1.807) is 6.08 Å². The van der Waals surface area contributed by atoms with E-state index in [0.29, 0.717) is 25.7 Å². The van der Waals surface area contributed by atoms with Gasteiger partial charge in [-0.1, -0.05) is 263 Å². The Balaban J connectivity index is 5.42. The average Bonchev–Trinajstić information content (AvgIpc) is 0.945. The van der Waals surface area contributed by atoms with Gasteiger partial charge in [-0.15, -0.1) is 0 Å². The molecule has 5 unspecified atom stereocenters. The molecule has 0 bridgehead atoms. The minimum atomic E-state index is -5.00. The first-order chi connectivity index (χ1) is 48.7. The van der Waals surface area contributed by atoms with E-state index in [9.17, 15) is 43.2 Å². The summed E-state index contributed by atoms with van der Waals surface area (Å²) < 4.78 is 68.3. The number of esters is 4. The number of carbonyl (C=O) groups excluding carboxylic acids is 4. The Morgan fingerprint density at radius 2 is 0.560 bits per heavy atom. The minimum absolute atomic E-state index is 0.0600. The molecule has 0 aromatic heterocycles. The molecule has 0 aliphatic carbocycles. The molecule has 0 radical (unpaired) electrons. The van der Waals surface area contributed by atoms with Crippen molar-refractivity contribution in [1.82, 2.24) is 0 Å². The number of phosphoric ester groups is 2. The SMILES string of the molecule is CC/C=C\C/C=C\C/C=C\C/C=C\C/C=C\CC(=O)OCC(COP(=O)(O)OCC(O)COP(=O)(O)OCC(COC(=O)CCCCCCCC/C=C\C/C=C\C/C=C\C/C=C\CC)OC(=O)CCCCCCC/C=C\C/C=C\C/C=C\CC)OC(=O)CCCCCCC/C=C\CCCC. The molecule has 0 spiro atoms. The summed E-state index contributed by atoms with van der Waals surface area (Å²) in [6, 6.07) is 0. The summed E-state index contributed by atoms with van der Waals surface area (Å²) >= 11 is 0. The maximum Gasteiger partial charge on any atom is 0.472 e. The average molecular weight is 1440 g/mol. The maximum absolute atomic E-state index is 13.1. The van der Waals surface area contributed by atoms with Gasteiger partial charge in [0.1, 0.15) is 19.3 Å². The highest BCUT2D eigenvalue weighted by molar-refractivity contribution is 7.47. The van der Waals surface area contributed by atoms with Crippen LogP contribution in [0.15, 0.2) is 158 Å². The molecule has 5 atom stereocenters. The molecular weight excluding hydrogens is 1310 g/mol. The van der Waals surface area contributed by atoms with Gasteiger partial charge >= 0.3 is 39.5 Å². The predicted molar refractivity (Wildman–Crippen MR) is 408 cm³/mol. The highest BCUT2D eigenvalue weighted by Crippen LogP contribution is 2.45. The van der Waals surface area contributed by atoms with Gasteiger partial charge in [0.2, 0.25) is 0 Å². The molecule has 0 saturated heterocycles. The van der Waals surface area contributed by atoms with Crippen LogP contribution in [0, 0.1) is 0 Å². The van der Waals surface area contributed by atoms with Crippen molar-refractivity contribution in [2.45, 2.75) is 290 Å². The molecule has 0 aliphatic heterocycles. The third kappa shape index (κ3) is 71.1. The lowest BCUT2D eigenvalue weighted by molar-refractivity contribution is -0.161. The van der Waals surface area contributed by atoms with E-state index >= 15 is 0 Å². The van der Waals surface area contributed by atoms with Gasteiger partial charge in [-0.25, -0.2) is 9.13 Å². The Hall–Kier alpha value is -5.32. The third-order valence-electron chi connectivity index (χ3n) is 15.0. The monoisotopic (exact) mass is 1440 g/mol. The Morgan fingerprint density at radius 3 is 0.900 bits per heavy atom. The van der Waals surface area contributed by atoms with Crippen LogP contribution in [0.2, 0.25) is 0 Å². The van der Waals surface area contributed by atoms with Crippen LogP contribution in [0.25, 0.3) is 0 Å². The van der Waals surface area contributed by atoms with E-state index in [1.165, 1.54) is 6.42 Å². The molecule has 19 heteroatoms. The van der Waals surface area contributed by atoms with E-state index in [-0.39, 0.29) is 25.7 Å². The van der Waals surface area contributed by atoms with Crippen molar-refractivity contribution in [3.05, 3.63) is 158 Å². The smallest absolute Gasteiger partial charge is 0.462 e. The summed E-state index contributed by atoms with van der Waals surface area (Å²) in [4.78, 5) is 72.7. The Labute approximate surface area is 604 Å². The highest BCUT2D eigenvalue weighted by atomic mass is 31.2. The van der Waals surface area contributed by atoms with Gasteiger partial charge in [0.25, 0.3) is 0 Å². The summed E-state index contributed by atoms with van der Waals surface area (Å²) in [5.41, 5.74) is 0. The zero-order valence-corrected chi connectivity index (χ0v) is 63.6. The number of rotatable bonds is 69. The predicted octanol–water partition coefficient (Wildman–Crippen LogP) is 21.7. The lowest BCUT2D eigenvalue weighted by atomic mass is 10.1. The minimum Gasteiger partial charge on any atom is -0.462 e.